The van der Waals surface area contributed by atoms with Gasteiger partial charge in [-0.25, -0.2) is 0 Å². The number of halogens is 1. The van der Waals surface area contributed by atoms with Crippen molar-refractivity contribution >= 4 is 62.9 Å². The van der Waals surface area contributed by atoms with E-state index >= 15 is 0 Å². The molecule has 1 saturated heterocycles. The maximum absolute atomic E-state index is 13.0. The molecule has 3 aromatic carbocycles. The van der Waals surface area contributed by atoms with E-state index in [1.165, 1.54) is 13.2 Å². The lowest BCUT2D eigenvalue weighted by Crippen LogP contribution is -2.27. The maximum atomic E-state index is 13.0. The van der Waals surface area contributed by atoms with Crippen LogP contribution in [0.3, 0.4) is 0 Å². The molecule has 0 radical (unpaired) electrons. The second-order valence-electron chi connectivity index (χ2n) is 7.54. The van der Waals surface area contributed by atoms with Gasteiger partial charge in [0.05, 0.1) is 34.5 Å². The molecule has 0 unspecified atom stereocenters. The molecule has 0 saturated carbocycles. The van der Waals surface area contributed by atoms with Gasteiger partial charge in [-0.15, -0.1) is 0 Å². The molecule has 11 nitrogen and oxygen atoms in total. The zero-order valence-electron chi connectivity index (χ0n) is 19.0. The first-order chi connectivity index (χ1) is 17.7. The van der Waals surface area contributed by atoms with Crippen LogP contribution < -0.4 is 9.47 Å². The number of nitrogens with zero attached hydrogens (tertiary/aromatic N) is 3. The van der Waals surface area contributed by atoms with E-state index < -0.39 is 32.4 Å². The van der Waals surface area contributed by atoms with Crippen LogP contribution in [0.4, 0.5) is 16.2 Å². The number of hydrogen-bond acceptors (Lipinski definition) is 9. The Labute approximate surface area is 227 Å². The smallest absolute Gasteiger partial charge is 0.318 e. The van der Waals surface area contributed by atoms with Gasteiger partial charge in [-0.3, -0.25) is 34.7 Å². The molecular weight excluding hydrogens is 617 g/mol. The standard InChI is InChI=1S/C24H16IN3O8S/c1-35-20-4-2-3-15(22(20)36-19-10-9-17(27(31)32)12-18(19)28(33)34)11-21-23(29)26(24(30)37-21)13-14-5-7-16(25)8-6-14/h2-12H,13H2,1H3/b21-11+. The van der Waals surface area contributed by atoms with Crippen molar-refractivity contribution in [2.24, 2.45) is 0 Å². The summed E-state index contributed by atoms with van der Waals surface area (Å²) in [6, 6.07) is 15.2. The topological polar surface area (TPSA) is 142 Å². The first-order valence-corrected chi connectivity index (χ1v) is 12.3. The van der Waals surface area contributed by atoms with E-state index in [-0.39, 0.29) is 28.7 Å². The van der Waals surface area contributed by atoms with Gasteiger partial charge in [-0.1, -0.05) is 24.3 Å². The summed E-state index contributed by atoms with van der Waals surface area (Å²) in [5.74, 6) is -0.531. The number of carbonyl (C=O) groups excluding carboxylic acids is 2. The summed E-state index contributed by atoms with van der Waals surface area (Å²) in [7, 11) is 1.37. The molecule has 1 fully saturated rings. The van der Waals surface area contributed by atoms with Crippen molar-refractivity contribution in [2.75, 3.05) is 7.11 Å². The minimum atomic E-state index is -0.798. The molecule has 0 spiro atoms. The molecule has 188 valence electrons. The Morgan fingerprint density at radius 1 is 1.00 bits per heavy atom. The minimum Gasteiger partial charge on any atom is -0.493 e. The number of imide groups is 1. The fourth-order valence-corrected chi connectivity index (χ4v) is 4.61. The van der Waals surface area contributed by atoms with Gasteiger partial charge in [0, 0.05) is 15.2 Å². The number of methoxy groups -OCH3 is 1. The lowest BCUT2D eigenvalue weighted by atomic mass is 10.1. The molecular formula is C24H16IN3O8S. The molecule has 37 heavy (non-hydrogen) atoms. The lowest BCUT2D eigenvalue weighted by molar-refractivity contribution is -0.394. The molecule has 0 aliphatic carbocycles. The average molecular weight is 633 g/mol. The normalized spacial score (nSPS) is 14.2. The van der Waals surface area contributed by atoms with Gasteiger partial charge >= 0.3 is 5.69 Å². The highest BCUT2D eigenvalue weighted by atomic mass is 127. The summed E-state index contributed by atoms with van der Waals surface area (Å²) in [6.45, 7) is 0.107. The maximum Gasteiger partial charge on any atom is 0.318 e. The van der Waals surface area contributed by atoms with E-state index in [2.05, 4.69) is 22.6 Å². The van der Waals surface area contributed by atoms with E-state index in [0.29, 0.717) is 5.56 Å². The van der Waals surface area contributed by atoms with E-state index in [0.717, 1.165) is 44.0 Å². The van der Waals surface area contributed by atoms with Crippen molar-refractivity contribution in [3.63, 3.8) is 0 Å². The Balaban J connectivity index is 1.69. The Hall–Kier alpha value is -3.98. The van der Waals surface area contributed by atoms with Crippen LogP contribution >= 0.6 is 34.4 Å². The van der Waals surface area contributed by atoms with Crippen molar-refractivity contribution in [1.29, 1.82) is 0 Å². The third-order valence-electron chi connectivity index (χ3n) is 5.21. The van der Waals surface area contributed by atoms with Crippen molar-refractivity contribution < 1.29 is 28.9 Å². The molecule has 1 aliphatic rings. The Morgan fingerprint density at radius 3 is 2.38 bits per heavy atom. The number of ether oxygens (including phenoxy) is 2. The minimum absolute atomic E-state index is 0.0337. The van der Waals surface area contributed by atoms with Gasteiger partial charge < -0.3 is 9.47 Å². The van der Waals surface area contributed by atoms with Crippen LogP contribution in [0.1, 0.15) is 11.1 Å². The Morgan fingerprint density at radius 2 is 1.73 bits per heavy atom. The lowest BCUT2D eigenvalue weighted by Gasteiger charge is -2.14. The third-order valence-corrected chi connectivity index (χ3v) is 6.83. The highest BCUT2D eigenvalue weighted by molar-refractivity contribution is 14.1. The summed E-state index contributed by atoms with van der Waals surface area (Å²) < 4.78 is 12.2. The summed E-state index contributed by atoms with van der Waals surface area (Å²) in [6.07, 6.45) is 1.44. The summed E-state index contributed by atoms with van der Waals surface area (Å²) >= 11 is 2.92. The number of nitro groups is 2. The monoisotopic (exact) mass is 633 g/mol. The zero-order valence-corrected chi connectivity index (χ0v) is 21.9. The molecule has 2 amide bonds. The van der Waals surface area contributed by atoms with Crippen LogP contribution in [0.2, 0.25) is 0 Å². The summed E-state index contributed by atoms with van der Waals surface area (Å²) in [4.78, 5) is 48.0. The average Bonchev–Trinajstić information content (AvgIpc) is 3.13. The van der Waals surface area contributed by atoms with E-state index in [1.807, 2.05) is 24.3 Å². The van der Waals surface area contributed by atoms with Gasteiger partial charge in [0.25, 0.3) is 16.8 Å². The van der Waals surface area contributed by atoms with Gasteiger partial charge in [0.15, 0.2) is 11.5 Å². The fourth-order valence-electron chi connectivity index (χ4n) is 3.42. The number of non-ortho nitro benzene ring substituents is 1. The first kappa shape index (κ1) is 26.1. The van der Waals surface area contributed by atoms with Crippen LogP contribution in [-0.2, 0) is 11.3 Å². The van der Waals surface area contributed by atoms with Gasteiger partial charge in [-0.2, -0.15) is 0 Å². The highest BCUT2D eigenvalue weighted by Gasteiger charge is 2.35. The SMILES string of the molecule is COc1cccc(/C=C2/SC(=O)N(Cc3ccc(I)cc3)C2=O)c1Oc1ccc([N+](=O)[O-])cc1[N+](=O)[O-]. The fraction of sp³-hybridized carbons (Fsp3) is 0.0833. The van der Waals surface area contributed by atoms with E-state index in [4.69, 9.17) is 9.47 Å². The molecule has 1 aliphatic heterocycles. The van der Waals surface area contributed by atoms with E-state index in [1.54, 1.807) is 18.2 Å². The first-order valence-electron chi connectivity index (χ1n) is 10.5. The van der Waals surface area contributed by atoms with Crippen molar-refractivity contribution in [1.82, 2.24) is 4.90 Å². The second kappa shape index (κ2) is 11.0. The summed E-state index contributed by atoms with van der Waals surface area (Å²) in [5, 5.41) is 22.2. The predicted octanol–water partition coefficient (Wildman–Crippen LogP) is 6.15. The Kier molecular flexibility index (Phi) is 7.73. The number of amides is 2. The molecule has 3 aromatic rings. The molecule has 0 aromatic heterocycles. The number of para-hydroxylation sites is 1. The molecule has 0 bridgehead atoms. The highest BCUT2D eigenvalue weighted by Crippen LogP contribution is 2.42. The van der Waals surface area contributed by atoms with Crippen LogP contribution in [0.5, 0.6) is 17.2 Å². The quantitative estimate of drug-likeness (QED) is 0.124. The number of carbonyl (C=O) groups is 2. The number of benzene rings is 3. The second-order valence-corrected chi connectivity index (χ2v) is 9.78. The van der Waals surface area contributed by atoms with Crippen LogP contribution in [0, 0.1) is 23.8 Å². The molecule has 13 heteroatoms. The predicted molar refractivity (Wildman–Crippen MR) is 143 cm³/mol. The third kappa shape index (κ3) is 5.72. The van der Waals surface area contributed by atoms with Crippen molar-refractivity contribution in [2.45, 2.75) is 6.54 Å². The largest absolute Gasteiger partial charge is 0.493 e. The zero-order chi connectivity index (χ0) is 26.7. The summed E-state index contributed by atoms with van der Waals surface area (Å²) in [5.41, 5.74) is 0.0108. The van der Waals surface area contributed by atoms with Crippen LogP contribution in [0.15, 0.2) is 65.6 Å². The van der Waals surface area contributed by atoms with Crippen molar-refractivity contribution in [3.8, 4) is 17.2 Å². The molecule has 1 heterocycles. The number of nitro benzene ring substituents is 2. The van der Waals surface area contributed by atoms with Crippen molar-refractivity contribution in [3.05, 3.63) is 100 Å². The molecule has 4 rings (SSSR count). The van der Waals surface area contributed by atoms with Crippen LogP contribution in [0.25, 0.3) is 6.08 Å². The number of rotatable bonds is 8. The van der Waals surface area contributed by atoms with Gasteiger partial charge in [0.2, 0.25) is 5.75 Å². The van der Waals surface area contributed by atoms with E-state index in [9.17, 15) is 29.8 Å². The van der Waals surface area contributed by atoms with Gasteiger partial charge in [-0.05, 0) is 70.3 Å². The van der Waals surface area contributed by atoms with Gasteiger partial charge in [0.1, 0.15) is 0 Å². The molecule has 0 N–H and O–H groups in total. The number of thioether (sulfide) groups is 1. The molecule has 0 atom stereocenters. The Bertz CT molecular complexity index is 1460. The number of hydrogen-bond donors (Lipinski definition) is 0. The van der Waals surface area contributed by atoms with Crippen LogP contribution in [-0.4, -0.2) is 33.0 Å².